The summed E-state index contributed by atoms with van der Waals surface area (Å²) in [5, 5.41) is 0.704. The molecule has 4 aliphatic rings. The Bertz CT molecular complexity index is 1180. The number of Topliss-reactive ketones (excluding diaryl/α,β-unsaturated/α-hetero) is 1. The van der Waals surface area contributed by atoms with Gasteiger partial charge in [-0.25, -0.2) is 0 Å². The van der Waals surface area contributed by atoms with E-state index in [2.05, 4.69) is 37.0 Å². The Labute approximate surface area is 187 Å². The maximum atomic E-state index is 13.4. The van der Waals surface area contributed by atoms with Crippen LogP contribution in [0.1, 0.15) is 49.3 Å². The van der Waals surface area contributed by atoms with Gasteiger partial charge in [0.25, 0.3) is 0 Å². The molecular weight excluding hydrogens is 410 g/mol. The summed E-state index contributed by atoms with van der Waals surface area (Å²) in [5.74, 6) is 1.81. The summed E-state index contributed by atoms with van der Waals surface area (Å²) in [7, 11) is 0. The number of ether oxygens (including phenoxy) is 2. The van der Waals surface area contributed by atoms with E-state index in [9.17, 15) is 4.79 Å². The van der Waals surface area contributed by atoms with Crippen molar-refractivity contribution in [1.82, 2.24) is 4.90 Å². The Kier molecular flexibility index (Phi) is 4.07. The Balaban J connectivity index is 1.55. The minimum absolute atomic E-state index is 0.0436. The first-order valence-corrected chi connectivity index (χ1v) is 11.2. The summed E-state index contributed by atoms with van der Waals surface area (Å²) in [6, 6.07) is 12.1. The van der Waals surface area contributed by atoms with Crippen LogP contribution in [0.4, 0.5) is 0 Å². The highest BCUT2D eigenvalue weighted by Crippen LogP contribution is 2.51. The van der Waals surface area contributed by atoms with Crippen LogP contribution in [0.3, 0.4) is 0 Å². The molecule has 1 unspecified atom stereocenters. The van der Waals surface area contributed by atoms with Gasteiger partial charge in [0.1, 0.15) is 0 Å². The summed E-state index contributed by atoms with van der Waals surface area (Å²) in [6.07, 6.45) is 4.66. The molecule has 0 radical (unpaired) electrons. The van der Waals surface area contributed by atoms with Crippen molar-refractivity contribution in [2.75, 3.05) is 13.3 Å². The topological polar surface area (TPSA) is 38.8 Å². The predicted molar refractivity (Wildman–Crippen MR) is 120 cm³/mol. The number of hydrogen-bond acceptors (Lipinski definition) is 4. The standard InChI is InChI=1S/C26H24ClNO3/c1-26(2)12-21-25(22(29)13-26)19(15-3-5-17(27)6-4-15)10-20-18-11-24-23(30-14-31-24)9-16(18)7-8-28(20)21/h3-6,9-11,19H,7-8,12-14H2,1-2H3. The fraction of sp³-hybridized carbons (Fsp3) is 0.346. The number of benzene rings is 2. The smallest absolute Gasteiger partial charge is 0.231 e. The minimum atomic E-state index is -0.0708. The zero-order valence-corrected chi connectivity index (χ0v) is 18.5. The second kappa shape index (κ2) is 6.64. The fourth-order valence-corrected chi connectivity index (χ4v) is 5.58. The van der Waals surface area contributed by atoms with Gasteiger partial charge < -0.3 is 14.4 Å². The molecule has 0 amide bonds. The van der Waals surface area contributed by atoms with Crippen molar-refractivity contribution < 1.29 is 14.3 Å². The van der Waals surface area contributed by atoms with Crippen molar-refractivity contribution in [2.45, 2.75) is 39.0 Å². The van der Waals surface area contributed by atoms with Gasteiger partial charge in [0, 0.05) is 46.4 Å². The van der Waals surface area contributed by atoms with Gasteiger partial charge in [-0.05, 0) is 59.7 Å². The number of allylic oxidation sites excluding steroid dienone is 3. The molecule has 2 aromatic rings. The summed E-state index contributed by atoms with van der Waals surface area (Å²) in [6.45, 7) is 5.53. The number of carbonyl (C=O) groups excluding carboxylic acids is 1. The SMILES string of the molecule is CC1(C)CC(=O)C2=C(C1)N1CCc3cc4c(cc3C1=CC2c1ccc(Cl)cc1)OCO4. The maximum Gasteiger partial charge on any atom is 0.231 e. The third-order valence-electron chi connectivity index (χ3n) is 6.86. The van der Waals surface area contributed by atoms with Crippen LogP contribution in [0.2, 0.25) is 5.02 Å². The summed E-state index contributed by atoms with van der Waals surface area (Å²) < 4.78 is 11.3. The van der Waals surface area contributed by atoms with Gasteiger partial charge in [-0.2, -0.15) is 0 Å². The molecule has 0 spiro atoms. The molecule has 0 saturated heterocycles. The predicted octanol–water partition coefficient (Wildman–Crippen LogP) is 5.71. The first kappa shape index (κ1) is 19.0. The number of fused-ring (bicyclic) bond motifs is 5. The van der Waals surface area contributed by atoms with Crippen LogP contribution < -0.4 is 9.47 Å². The molecule has 0 saturated carbocycles. The first-order valence-electron chi connectivity index (χ1n) is 10.8. The molecule has 31 heavy (non-hydrogen) atoms. The molecular formula is C26H24ClNO3. The van der Waals surface area contributed by atoms with E-state index in [1.807, 2.05) is 24.3 Å². The number of rotatable bonds is 1. The zero-order chi connectivity index (χ0) is 21.3. The van der Waals surface area contributed by atoms with Gasteiger partial charge in [-0.1, -0.05) is 37.6 Å². The van der Waals surface area contributed by atoms with Crippen LogP contribution in [-0.2, 0) is 11.2 Å². The quantitative estimate of drug-likeness (QED) is 0.577. The van der Waals surface area contributed by atoms with Gasteiger partial charge in [0.05, 0.1) is 0 Å². The monoisotopic (exact) mass is 433 g/mol. The molecule has 1 atom stereocenters. The van der Waals surface area contributed by atoms with Gasteiger partial charge in [0.15, 0.2) is 17.3 Å². The third-order valence-corrected chi connectivity index (χ3v) is 7.11. The average Bonchev–Trinajstić information content (AvgIpc) is 3.18. The van der Waals surface area contributed by atoms with Crippen LogP contribution in [0.25, 0.3) is 5.70 Å². The highest BCUT2D eigenvalue weighted by Gasteiger charge is 2.42. The number of ketones is 1. The van der Waals surface area contributed by atoms with Gasteiger partial charge >= 0.3 is 0 Å². The van der Waals surface area contributed by atoms with E-state index in [0.717, 1.165) is 42.0 Å². The lowest BCUT2D eigenvalue weighted by Gasteiger charge is -2.46. The van der Waals surface area contributed by atoms with Crippen LogP contribution in [0.15, 0.2) is 53.7 Å². The van der Waals surface area contributed by atoms with Gasteiger partial charge in [0.2, 0.25) is 6.79 Å². The molecule has 1 aliphatic carbocycles. The molecule has 158 valence electrons. The van der Waals surface area contributed by atoms with Crippen molar-refractivity contribution in [3.63, 3.8) is 0 Å². The van der Waals surface area contributed by atoms with Gasteiger partial charge in [-0.15, -0.1) is 0 Å². The van der Waals surface area contributed by atoms with Crippen molar-refractivity contribution in [3.05, 3.63) is 75.5 Å². The van der Waals surface area contributed by atoms with E-state index in [4.69, 9.17) is 21.1 Å². The number of halogens is 1. The average molecular weight is 434 g/mol. The normalized spacial score (nSPS) is 23.2. The van der Waals surface area contributed by atoms with E-state index in [-0.39, 0.29) is 23.9 Å². The lowest BCUT2D eigenvalue weighted by molar-refractivity contribution is -0.118. The molecule has 3 aliphatic heterocycles. The number of carbonyl (C=O) groups is 1. The second-order valence-electron chi connectivity index (χ2n) is 9.65. The molecule has 0 bridgehead atoms. The van der Waals surface area contributed by atoms with E-state index in [1.54, 1.807) is 0 Å². The lowest BCUT2D eigenvalue weighted by atomic mass is 9.69. The molecule has 6 rings (SSSR count). The second-order valence-corrected chi connectivity index (χ2v) is 10.1. The van der Waals surface area contributed by atoms with E-state index >= 15 is 0 Å². The van der Waals surface area contributed by atoms with Crippen LogP contribution >= 0.6 is 11.6 Å². The number of nitrogens with zero attached hydrogens (tertiary/aromatic N) is 1. The highest BCUT2D eigenvalue weighted by atomic mass is 35.5. The van der Waals surface area contributed by atoms with Crippen LogP contribution in [-0.4, -0.2) is 24.0 Å². The van der Waals surface area contributed by atoms with E-state index in [0.29, 0.717) is 11.4 Å². The van der Waals surface area contributed by atoms with Crippen LogP contribution in [0.5, 0.6) is 11.5 Å². The van der Waals surface area contributed by atoms with Crippen LogP contribution in [0, 0.1) is 5.41 Å². The van der Waals surface area contributed by atoms with Crippen molar-refractivity contribution in [3.8, 4) is 11.5 Å². The molecule has 0 aromatic heterocycles. The molecule has 0 N–H and O–H groups in total. The Morgan fingerprint density at radius 1 is 1.06 bits per heavy atom. The Hall–Kier alpha value is -2.72. The Morgan fingerprint density at radius 2 is 1.81 bits per heavy atom. The largest absolute Gasteiger partial charge is 0.454 e. The summed E-state index contributed by atoms with van der Waals surface area (Å²) in [5.41, 5.74) is 6.81. The zero-order valence-electron chi connectivity index (χ0n) is 17.7. The molecule has 0 fully saturated rings. The summed E-state index contributed by atoms with van der Waals surface area (Å²) >= 11 is 6.16. The maximum absolute atomic E-state index is 13.4. The third kappa shape index (κ3) is 3.00. The fourth-order valence-electron chi connectivity index (χ4n) is 5.46. The van der Waals surface area contributed by atoms with Crippen molar-refractivity contribution in [1.29, 1.82) is 0 Å². The molecule has 3 heterocycles. The number of hydrogen-bond donors (Lipinski definition) is 0. The van der Waals surface area contributed by atoms with Crippen molar-refractivity contribution >= 4 is 23.1 Å². The first-order chi connectivity index (χ1) is 14.9. The lowest BCUT2D eigenvalue weighted by Crippen LogP contribution is -2.40. The molecule has 4 nitrogen and oxygen atoms in total. The minimum Gasteiger partial charge on any atom is -0.454 e. The molecule has 2 aromatic carbocycles. The highest BCUT2D eigenvalue weighted by molar-refractivity contribution is 6.30. The van der Waals surface area contributed by atoms with E-state index < -0.39 is 0 Å². The summed E-state index contributed by atoms with van der Waals surface area (Å²) in [4.78, 5) is 15.8. The van der Waals surface area contributed by atoms with Crippen molar-refractivity contribution in [2.24, 2.45) is 5.41 Å². The molecule has 5 heteroatoms. The Morgan fingerprint density at radius 3 is 2.58 bits per heavy atom. The van der Waals surface area contributed by atoms with E-state index in [1.165, 1.54) is 22.5 Å². The van der Waals surface area contributed by atoms with Gasteiger partial charge in [-0.3, -0.25) is 4.79 Å².